The van der Waals surface area contributed by atoms with Crippen molar-refractivity contribution < 1.29 is 4.79 Å². The predicted octanol–water partition coefficient (Wildman–Crippen LogP) is 3.00. The van der Waals surface area contributed by atoms with Gasteiger partial charge in [-0.05, 0) is 30.1 Å². The maximum Gasteiger partial charge on any atom is 0.244 e. The van der Waals surface area contributed by atoms with Gasteiger partial charge in [0.05, 0.1) is 11.7 Å². The number of amides is 1. The van der Waals surface area contributed by atoms with Crippen molar-refractivity contribution in [3.8, 4) is 0 Å². The second-order valence-corrected chi connectivity index (χ2v) is 8.08. The maximum absolute atomic E-state index is 12.9. The van der Waals surface area contributed by atoms with E-state index in [1.54, 1.807) is 0 Å². The Morgan fingerprint density at radius 3 is 1.95 bits per heavy atom. The minimum atomic E-state index is -0.385. The van der Waals surface area contributed by atoms with Crippen molar-refractivity contribution in [3.05, 3.63) is 0 Å². The molecule has 1 heterocycles. The molecule has 1 aliphatic heterocycles. The highest BCUT2D eigenvalue weighted by Crippen LogP contribution is 2.66. The van der Waals surface area contributed by atoms with Crippen molar-refractivity contribution in [2.24, 2.45) is 16.7 Å². The van der Waals surface area contributed by atoms with Crippen LogP contribution in [-0.4, -0.2) is 28.6 Å². The van der Waals surface area contributed by atoms with Gasteiger partial charge < -0.3 is 4.90 Å². The van der Waals surface area contributed by atoms with Crippen LogP contribution in [0.15, 0.2) is 0 Å². The SMILES string of the molecule is CCC1(C)NC(C(C)C)N(C2C(C)(C)C2(C)C)C1=O. The average Bonchev–Trinajstić information content (AvgIpc) is 2.56. The monoisotopic (exact) mass is 266 g/mol. The van der Waals surface area contributed by atoms with Crippen molar-refractivity contribution in [2.45, 2.75) is 79.6 Å². The van der Waals surface area contributed by atoms with Crippen molar-refractivity contribution in [1.82, 2.24) is 10.2 Å². The molecule has 2 fully saturated rings. The topological polar surface area (TPSA) is 32.3 Å². The number of hydrogen-bond acceptors (Lipinski definition) is 2. The smallest absolute Gasteiger partial charge is 0.244 e. The van der Waals surface area contributed by atoms with E-state index < -0.39 is 0 Å². The minimum Gasteiger partial charge on any atom is -0.321 e. The molecule has 1 amide bonds. The summed E-state index contributed by atoms with van der Waals surface area (Å²) < 4.78 is 0. The zero-order valence-electron chi connectivity index (χ0n) is 13.8. The van der Waals surface area contributed by atoms with Gasteiger partial charge in [-0.3, -0.25) is 10.1 Å². The second-order valence-electron chi connectivity index (χ2n) is 8.08. The quantitative estimate of drug-likeness (QED) is 0.851. The molecule has 2 rings (SSSR count). The zero-order chi connectivity index (χ0) is 14.8. The molecule has 2 aliphatic rings. The van der Waals surface area contributed by atoms with Crippen LogP contribution in [0.3, 0.4) is 0 Å². The van der Waals surface area contributed by atoms with E-state index in [9.17, 15) is 4.79 Å². The average molecular weight is 266 g/mol. The van der Waals surface area contributed by atoms with Crippen molar-refractivity contribution in [1.29, 1.82) is 0 Å². The van der Waals surface area contributed by atoms with E-state index in [2.05, 4.69) is 58.7 Å². The summed E-state index contributed by atoms with van der Waals surface area (Å²) in [5, 5.41) is 3.59. The van der Waals surface area contributed by atoms with E-state index in [1.165, 1.54) is 0 Å². The van der Waals surface area contributed by atoms with E-state index in [1.807, 2.05) is 6.92 Å². The molecule has 3 nitrogen and oxygen atoms in total. The standard InChI is InChI=1S/C16H30N2O/c1-9-16(8)13(19)18(11(17-16)10(2)3)12-14(4,5)15(12,6)7/h10-12,17H,9H2,1-8H3. The molecule has 1 aliphatic carbocycles. The molecule has 0 aromatic carbocycles. The molecule has 1 saturated carbocycles. The van der Waals surface area contributed by atoms with Crippen LogP contribution in [0, 0.1) is 16.7 Å². The third-order valence-electron chi connectivity index (χ3n) is 6.03. The first kappa shape index (κ1) is 14.8. The van der Waals surface area contributed by atoms with Gasteiger partial charge >= 0.3 is 0 Å². The summed E-state index contributed by atoms with van der Waals surface area (Å²) in [6, 6.07) is 0.348. The zero-order valence-corrected chi connectivity index (χ0v) is 13.8. The molecule has 0 aromatic heterocycles. The third kappa shape index (κ3) is 1.77. The molecule has 110 valence electrons. The summed E-state index contributed by atoms with van der Waals surface area (Å²) in [4.78, 5) is 15.1. The lowest BCUT2D eigenvalue weighted by atomic mass is 9.99. The molecule has 0 spiro atoms. The second kappa shape index (κ2) is 3.97. The Morgan fingerprint density at radius 2 is 1.63 bits per heavy atom. The van der Waals surface area contributed by atoms with Gasteiger partial charge in [0, 0.05) is 6.04 Å². The van der Waals surface area contributed by atoms with Gasteiger partial charge in [0.2, 0.25) is 5.91 Å². The Hall–Kier alpha value is -0.570. The van der Waals surface area contributed by atoms with E-state index in [0.717, 1.165) is 6.42 Å². The lowest BCUT2D eigenvalue weighted by Crippen LogP contribution is -2.45. The molecule has 19 heavy (non-hydrogen) atoms. The van der Waals surface area contributed by atoms with Crippen molar-refractivity contribution >= 4 is 5.91 Å². The first-order valence-corrected chi connectivity index (χ1v) is 7.61. The van der Waals surface area contributed by atoms with Gasteiger partial charge in [0.25, 0.3) is 0 Å². The lowest BCUT2D eigenvalue weighted by Gasteiger charge is -2.29. The Labute approximate surface area is 118 Å². The van der Waals surface area contributed by atoms with Crippen molar-refractivity contribution in [3.63, 3.8) is 0 Å². The van der Waals surface area contributed by atoms with Gasteiger partial charge in [0.15, 0.2) is 0 Å². The highest BCUT2D eigenvalue weighted by Gasteiger charge is 2.71. The van der Waals surface area contributed by atoms with Gasteiger partial charge in [-0.25, -0.2) is 0 Å². The van der Waals surface area contributed by atoms with Crippen LogP contribution in [-0.2, 0) is 4.79 Å². The first-order chi connectivity index (χ1) is 8.50. The molecule has 1 saturated heterocycles. The highest BCUT2D eigenvalue weighted by atomic mass is 16.2. The lowest BCUT2D eigenvalue weighted by molar-refractivity contribution is -0.134. The van der Waals surface area contributed by atoms with Crippen LogP contribution in [0.5, 0.6) is 0 Å². The fourth-order valence-electron chi connectivity index (χ4n) is 3.74. The van der Waals surface area contributed by atoms with E-state index in [0.29, 0.717) is 12.0 Å². The number of rotatable bonds is 3. The largest absolute Gasteiger partial charge is 0.321 e. The maximum atomic E-state index is 12.9. The molecule has 2 atom stereocenters. The van der Waals surface area contributed by atoms with Crippen LogP contribution >= 0.6 is 0 Å². The van der Waals surface area contributed by atoms with Gasteiger partial charge in [-0.2, -0.15) is 0 Å². The van der Waals surface area contributed by atoms with E-state index in [4.69, 9.17) is 0 Å². The summed E-state index contributed by atoms with van der Waals surface area (Å²) in [6.07, 6.45) is 1.02. The van der Waals surface area contributed by atoms with Crippen LogP contribution in [0.4, 0.5) is 0 Å². The Bertz CT molecular complexity index is 386. The number of hydrogen-bond donors (Lipinski definition) is 1. The Morgan fingerprint density at radius 1 is 1.16 bits per heavy atom. The molecule has 1 N–H and O–H groups in total. The normalized spacial score (nSPS) is 37.2. The number of carbonyl (C=O) groups excluding carboxylic acids is 1. The van der Waals surface area contributed by atoms with Crippen molar-refractivity contribution in [2.75, 3.05) is 0 Å². The summed E-state index contributed by atoms with van der Waals surface area (Å²) in [6.45, 7) is 17.7. The summed E-state index contributed by atoms with van der Waals surface area (Å²) in [7, 11) is 0. The van der Waals surface area contributed by atoms with Gasteiger partial charge in [-0.15, -0.1) is 0 Å². The number of nitrogens with one attached hydrogen (secondary N) is 1. The third-order valence-corrected chi connectivity index (χ3v) is 6.03. The molecule has 0 aromatic rings. The Balaban J connectivity index is 2.36. The Kier molecular flexibility index (Phi) is 3.10. The molecular weight excluding hydrogens is 236 g/mol. The molecule has 0 radical (unpaired) electrons. The van der Waals surface area contributed by atoms with E-state index >= 15 is 0 Å². The summed E-state index contributed by atoms with van der Waals surface area (Å²) in [5.41, 5.74) is 0.0244. The highest BCUT2D eigenvalue weighted by molar-refractivity contribution is 5.89. The number of nitrogens with zero attached hydrogens (tertiary/aromatic N) is 1. The van der Waals surface area contributed by atoms with Crippen LogP contribution < -0.4 is 5.32 Å². The molecule has 2 unspecified atom stereocenters. The van der Waals surface area contributed by atoms with Gasteiger partial charge in [-0.1, -0.05) is 48.5 Å². The van der Waals surface area contributed by atoms with Crippen LogP contribution in [0.25, 0.3) is 0 Å². The fourth-order valence-corrected chi connectivity index (χ4v) is 3.74. The fraction of sp³-hybridized carbons (Fsp3) is 0.938. The first-order valence-electron chi connectivity index (χ1n) is 7.61. The summed E-state index contributed by atoms with van der Waals surface area (Å²) >= 11 is 0. The number of carbonyl (C=O) groups is 1. The van der Waals surface area contributed by atoms with Gasteiger partial charge in [0.1, 0.15) is 0 Å². The molecule has 0 bridgehead atoms. The predicted molar refractivity (Wildman–Crippen MR) is 78.7 cm³/mol. The summed E-state index contributed by atoms with van der Waals surface area (Å²) in [5.74, 6) is 0.724. The molecular formula is C16H30N2O. The van der Waals surface area contributed by atoms with E-state index in [-0.39, 0.29) is 28.4 Å². The van der Waals surface area contributed by atoms with Crippen LogP contribution in [0.1, 0.15) is 61.8 Å². The minimum absolute atomic E-state index is 0.170. The van der Waals surface area contributed by atoms with Crippen LogP contribution in [0.2, 0.25) is 0 Å². The molecule has 3 heteroatoms.